The molecule has 0 aliphatic rings. The molecule has 0 saturated heterocycles. The Morgan fingerprint density at radius 3 is 2.33 bits per heavy atom. The van der Waals surface area contributed by atoms with E-state index in [-0.39, 0.29) is 12.2 Å². The van der Waals surface area contributed by atoms with Gasteiger partial charge in [0.2, 0.25) is 0 Å². The first kappa shape index (κ1) is 15.7. The predicted molar refractivity (Wildman–Crippen MR) is 83.3 cm³/mol. The van der Waals surface area contributed by atoms with E-state index in [1.165, 1.54) is 24.4 Å². The normalized spacial score (nSPS) is 10.6. The Hall–Kier alpha value is -3.22. The highest BCUT2D eigenvalue weighted by atomic mass is 19.1. The summed E-state index contributed by atoms with van der Waals surface area (Å²) >= 11 is 0. The number of aromatic nitrogens is 2. The molecular formula is C17H13F2N3O2. The number of carbonyl (C=O) groups excluding carboxylic acids is 1. The van der Waals surface area contributed by atoms with Gasteiger partial charge in [-0.1, -0.05) is 6.07 Å². The van der Waals surface area contributed by atoms with Crippen molar-refractivity contribution in [2.75, 3.05) is 0 Å². The fourth-order valence-electron chi connectivity index (χ4n) is 2.15. The number of amides is 1. The molecule has 1 amide bonds. The smallest absolute Gasteiger partial charge is 0.339 e. The number of nitrogens with zero attached hydrogens (tertiary/aromatic N) is 2. The van der Waals surface area contributed by atoms with E-state index >= 15 is 0 Å². The van der Waals surface area contributed by atoms with Crippen molar-refractivity contribution in [1.82, 2.24) is 9.78 Å². The zero-order valence-electron chi connectivity index (χ0n) is 12.4. The molecule has 5 nitrogen and oxygen atoms in total. The molecule has 0 aliphatic heterocycles. The highest BCUT2D eigenvalue weighted by molar-refractivity contribution is 5.74. The zero-order chi connectivity index (χ0) is 17.1. The second-order valence-corrected chi connectivity index (χ2v) is 5.00. The minimum absolute atomic E-state index is 0.123. The van der Waals surface area contributed by atoms with Crippen molar-refractivity contribution >= 4 is 6.03 Å². The highest BCUT2D eigenvalue weighted by Crippen LogP contribution is 2.22. The van der Waals surface area contributed by atoms with Crippen LogP contribution in [0.15, 0.2) is 54.7 Å². The van der Waals surface area contributed by atoms with Crippen LogP contribution in [0, 0.1) is 11.6 Å². The molecular weight excluding hydrogens is 316 g/mol. The lowest BCUT2D eigenvalue weighted by atomic mass is 10.1. The van der Waals surface area contributed by atoms with Crippen LogP contribution in [0.25, 0.3) is 11.3 Å². The van der Waals surface area contributed by atoms with Crippen molar-refractivity contribution in [3.63, 3.8) is 0 Å². The van der Waals surface area contributed by atoms with Crippen LogP contribution in [-0.4, -0.2) is 15.8 Å². The number of hydrogen-bond donors (Lipinski definition) is 1. The van der Waals surface area contributed by atoms with E-state index in [4.69, 9.17) is 10.5 Å². The summed E-state index contributed by atoms with van der Waals surface area (Å²) in [5.74, 6) is -0.844. The molecule has 0 bridgehead atoms. The van der Waals surface area contributed by atoms with Crippen molar-refractivity contribution < 1.29 is 18.3 Å². The molecule has 1 heterocycles. The van der Waals surface area contributed by atoms with E-state index < -0.39 is 17.7 Å². The van der Waals surface area contributed by atoms with Gasteiger partial charge in [-0.05, 0) is 42.5 Å². The Balaban J connectivity index is 1.71. The summed E-state index contributed by atoms with van der Waals surface area (Å²) in [5.41, 5.74) is 6.32. The minimum atomic E-state index is -0.673. The molecule has 2 aromatic carbocycles. The third-order valence-corrected chi connectivity index (χ3v) is 3.41. The number of rotatable bonds is 4. The Morgan fingerprint density at radius 1 is 1.08 bits per heavy atom. The fourth-order valence-corrected chi connectivity index (χ4v) is 2.15. The number of carbonyl (C=O) groups is 1. The van der Waals surface area contributed by atoms with Gasteiger partial charge in [0.1, 0.15) is 24.0 Å². The summed E-state index contributed by atoms with van der Waals surface area (Å²) in [4.78, 5) is 11.0. The first-order valence-corrected chi connectivity index (χ1v) is 7.06. The molecule has 1 aromatic heterocycles. The summed E-state index contributed by atoms with van der Waals surface area (Å²) in [5, 5.41) is 4.03. The van der Waals surface area contributed by atoms with E-state index in [1.54, 1.807) is 30.3 Å². The van der Waals surface area contributed by atoms with Gasteiger partial charge in [0.25, 0.3) is 0 Å². The SMILES string of the molecule is NC(=O)n1ccc(-c2ccc(OCc3c(F)cccc3F)cc2)n1. The largest absolute Gasteiger partial charge is 0.489 e. The Labute approximate surface area is 136 Å². The average molecular weight is 329 g/mol. The Kier molecular flexibility index (Phi) is 4.24. The number of ether oxygens (including phenoxy) is 1. The summed E-state index contributed by atoms with van der Waals surface area (Å²) in [6, 6.07) is 11.4. The van der Waals surface area contributed by atoms with Gasteiger partial charge in [-0.2, -0.15) is 9.78 Å². The Bertz CT molecular complexity index is 856. The molecule has 0 spiro atoms. The topological polar surface area (TPSA) is 70.1 Å². The maximum atomic E-state index is 13.5. The molecule has 0 unspecified atom stereocenters. The quantitative estimate of drug-likeness (QED) is 0.798. The second-order valence-electron chi connectivity index (χ2n) is 5.00. The van der Waals surface area contributed by atoms with Crippen LogP contribution in [0.4, 0.5) is 13.6 Å². The number of nitrogens with two attached hydrogens (primary N) is 1. The van der Waals surface area contributed by atoms with Crippen LogP contribution in [0.1, 0.15) is 5.56 Å². The predicted octanol–water partition coefficient (Wildman–Crippen LogP) is 3.33. The standard InChI is InChI=1S/C17H13F2N3O2/c18-14-2-1-3-15(19)13(14)10-24-12-6-4-11(5-7-12)16-8-9-22(21-16)17(20)23/h1-9H,10H2,(H2,20,23). The third kappa shape index (κ3) is 3.24. The van der Waals surface area contributed by atoms with E-state index in [2.05, 4.69) is 5.10 Å². The molecule has 2 N–H and O–H groups in total. The Morgan fingerprint density at radius 2 is 1.75 bits per heavy atom. The number of primary amides is 1. The summed E-state index contributed by atoms with van der Waals surface area (Å²) < 4.78 is 33.5. The van der Waals surface area contributed by atoms with Crippen LogP contribution in [0.3, 0.4) is 0 Å². The number of halogens is 2. The van der Waals surface area contributed by atoms with Gasteiger partial charge in [-0.3, -0.25) is 0 Å². The van der Waals surface area contributed by atoms with Crippen LogP contribution >= 0.6 is 0 Å². The van der Waals surface area contributed by atoms with Gasteiger partial charge < -0.3 is 10.5 Å². The first-order chi connectivity index (χ1) is 11.5. The first-order valence-electron chi connectivity index (χ1n) is 7.06. The van der Waals surface area contributed by atoms with Gasteiger partial charge in [-0.25, -0.2) is 13.6 Å². The maximum Gasteiger partial charge on any atom is 0.339 e. The molecule has 122 valence electrons. The van der Waals surface area contributed by atoms with Crippen molar-refractivity contribution in [3.8, 4) is 17.0 Å². The summed E-state index contributed by atoms with van der Waals surface area (Å²) in [7, 11) is 0. The maximum absolute atomic E-state index is 13.5. The van der Waals surface area contributed by atoms with Gasteiger partial charge >= 0.3 is 6.03 Å². The second kappa shape index (κ2) is 6.49. The molecule has 3 aromatic rings. The van der Waals surface area contributed by atoms with Crippen molar-refractivity contribution in [1.29, 1.82) is 0 Å². The zero-order valence-corrected chi connectivity index (χ0v) is 12.4. The molecule has 24 heavy (non-hydrogen) atoms. The van der Waals surface area contributed by atoms with E-state index in [0.717, 1.165) is 10.2 Å². The lowest BCUT2D eigenvalue weighted by molar-refractivity contribution is 0.248. The molecule has 0 atom stereocenters. The molecule has 0 radical (unpaired) electrons. The fraction of sp³-hybridized carbons (Fsp3) is 0.0588. The molecule has 0 aliphatic carbocycles. The molecule has 7 heteroatoms. The number of benzene rings is 2. The van der Waals surface area contributed by atoms with Gasteiger partial charge in [0, 0.05) is 11.8 Å². The molecule has 0 fully saturated rings. The van der Waals surface area contributed by atoms with Crippen LogP contribution in [-0.2, 0) is 6.61 Å². The van der Waals surface area contributed by atoms with E-state index in [1.807, 2.05) is 0 Å². The van der Waals surface area contributed by atoms with E-state index in [0.29, 0.717) is 11.4 Å². The van der Waals surface area contributed by atoms with Crippen LogP contribution < -0.4 is 10.5 Å². The van der Waals surface area contributed by atoms with Crippen molar-refractivity contribution in [3.05, 3.63) is 71.9 Å². The molecule has 0 saturated carbocycles. The third-order valence-electron chi connectivity index (χ3n) is 3.41. The lowest BCUT2D eigenvalue weighted by Crippen LogP contribution is -2.19. The van der Waals surface area contributed by atoms with Gasteiger partial charge in [0.05, 0.1) is 11.3 Å². The average Bonchev–Trinajstić information content (AvgIpc) is 3.05. The van der Waals surface area contributed by atoms with Gasteiger partial charge in [-0.15, -0.1) is 0 Å². The minimum Gasteiger partial charge on any atom is -0.489 e. The highest BCUT2D eigenvalue weighted by Gasteiger charge is 2.09. The van der Waals surface area contributed by atoms with Crippen molar-refractivity contribution in [2.45, 2.75) is 6.61 Å². The summed E-state index contributed by atoms with van der Waals surface area (Å²) in [6.07, 6.45) is 1.46. The van der Waals surface area contributed by atoms with Crippen molar-refractivity contribution in [2.24, 2.45) is 5.73 Å². The number of hydrogen-bond acceptors (Lipinski definition) is 3. The van der Waals surface area contributed by atoms with Crippen LogP contribution in [0.5, 0.6) is 5.75 Å². The monoisotopic (exact) mass is 329 g/mol. The van der Waals surface area contributed by atoms with Crippen LogP contribution in [0.2, 0.25) is 0 Å². The summed E-state index contributed by atoms with van der Waals surface area (Å²) in [6.45, 7) is -0.214. The van der Waals surface area contributed by atoms with Gasteiger partial charge in [0.15, 0.2) is 0 Å². The lowest BCUT2D eigenvalue weighted by Gasteiger charge is -2.08. The molecule has 3 rings (SSSR count). The van der Waals surface area contributed by atoms with E-state index in [9.17, 15) is 13.6 Å².